The van der Waals surface area contributed by atoms with Crippen molar-refractivity contribution in [1.29, 1.82) is 0 Å². The van der Waals surface area contributed by atoms with Crippen LogP contribution in [0.4, 0.5) is 11.4 Å². The minimum absolute atomic E-state index is 0.414. The van der Waals surface area contributed by atoms with Crippen LogP contribution in [0.1, 0.15) is 33.6 Å². The lowest BCUT2D eigenvalue weighted by atomic mass is 10.2. The minimum Gasteiger partial charge on any atom is -0.408 e. The van der Waals surface area contributed by atoms with Crippen LogP contribution in [0.2, 0.25) is 0 Å². The summed E-state index contributed by atoms with van der Waals surface area (Å²) in [5.74, 6) is -4.29. The summed E-state index contributed by atoms with van der Waals surface area (Å²) in [5.41, 5.74) is -1.96. The highest BCUT2D eigenvalue weighted by molar-refractivity contribution is 6.02. The molecule has 0 saturated heterocycles. The Morgan fingerprint density at radius 2 is 1.26 bits per heavy atom. The normalized spacial score (nSPS) is 10.8. The number of carbonyl (C=O) groups is 3. The number of nitro groups is 2. The maximum atomic E-state index is 12.1. The van der Waals surface area contributed by atoms with Crippen LogP contribution in [-0.4, -0.2) is 38.9 Å². The van der Waals surface area contributed by atoms with E-state index in [0.717, 1.165) is 24.3 Å². The van der Waals surface area contributed by atoms with Gasteiger partial charge in [-0.2, -0.15) is 0 Å². The smallest absolute Gasteiger partial charge is 0.352 e. The van der Waals surface area contributed by atoms with Crippen LogP contribution in [0.3, 0.4) is 0 Å². The molecule has 0 bridgehead atoms. The van der Waals surface area contributed by atoms with Gasteiger partial charge in [-0.05, 0) is 12.1 Å². The monoisotopic (exact) mass is 431 g/mol. The van der Waals surface area contributed by atoms with Crippen molar-refractivity contribution in [2.75, 3.05) is 0 Å². The second kappa shape index (κ2) is 10.2. The van der Waals surface area contributed by atoms with E-state index in [4.69, 9.17) is 9.94 Å². The van der Waals surface area contributed by atoms with E-state index in [2.05, 4.69) is 9.89 Å². The summed E-state index contributed by atoms with van der Waals surface area (Å²) >= 11 is 0. The number of hydrogen-bond donors (Lipinski definition) is 1. The van der Waals surface area contributed by atoms with Gasteiger partial charge < -0.3 is 14.7 Å². The molecule has 0 aromatic heterocycles. The molecular formula is C18H13N3O10. The fourth-order valence-electron chi connectivity index (χ4n) is 2.31. The molecule has 13 heteroatoms. The maximum absolute atomic E-state index is 12.1. The Kier molecular flexibility index (Phi) is 7.44. The van der Waals surface area contributed by atoms with Gasteiger partial charge in [0, 0.05) is 18.6 Å². The third-order valence-electron chi connectivity index (χ3n) is 3.71. The summed E-state index contributed by atoms with van der Waals surface area (Å²) in [6.45, 7) is 0. The number of nitrogens with zero attached hydrogens (tertiary/aromatic N) is 3. The zero-order valence-electron chi connectivity index (χ0n) is 15.5. The van der Waals surface area contributed by atoms with Crippen LogP contribution < -0.4 is 0 Å². The summed E-state index contributed by atoms with van der Waals surface area (Å²) in [6, 6.07) is 9.69. The first kappa shape index (κ1) is 22.6. The largest absolute Gasteiger partial charge is 0.408 e. The van der Waals surface area contributed by atoms with E-state index in [0.29, 0.717) is 0 Å². The number of esters is 3. The second-order valence-corrected chi connectivity index (χ2v) is 5.69. The molecule has 0 heterocycles. The van der Waals surface area contributed by atoms with Crippen LogP contribution >= 0.6 is 0 Å². The zero-order chi connectivity index (χ0) is 23.0. The average Bonchev–Trinajstić information content (AvgIpc) is 2.76. The van der Waals surface area contributed by atoms with E-state index >= 15 is 0 Å². The van der Waals surface area contributed by atoms with Gasteiger partial charge in [-0.3, -0.25) is 25.0 Å². The van der Waals surface area contributed by atoms with Crippen molar-refractivity contribution < 1.29 is 38.9 Å². The molecule has 0 aliphatic heterocycles. The van der Waals surface area contributed by atoms with Crippen molar-refractivity contribution in [3.63, 3.8) is 0 Å². The lowest BCUT2D eigenvalue weighted by Crippen LogP contribution is -2.18. The molecule has 0 aliphatic carbocycles. The van der Waals surface area contributed by atoms with Crippen molar-refractivity contribution in [3.8, 4) is 0 Å². The van der Waals surface area contributed by atoms with Gasteiger partial charge in [0.2, 0.25) is 5.90 Å². The van der Waals surface area contributed by atoms with Crippen LogP contribution in [0.25, 0.3) is 0 Å². The van der Waals surface area contributed by atoms with Crippen LogP contribution in [0.5, 0.6) is 0 Å². The molecular weight excluding hydrogens is 418 g/mol. The zero-order valence-corrected chi connectivity index (χ0v) is 15.5. The molecule has 2 aromatic rings. The number of benzene rings is 2. The van der Waals surface area contributed by atoms with Crippen LogP contribution in [-0.2, 0) is 14.3 Å². The molecule has 31 heavy (non-hydrogen) atoms. The molecule has 0 spiro atoms. The van der Waals surface area contributed by atoms with E-state index in [1.807, 2.05) is 0 Å². The Bertz CT molecular complexity index is 1080. The highest BCUT2D eigenvalue weighted by atomic mass is 16.6. The lowest BCUT2D eigenvalue weighted by molar-refractivity contribution is -0.385. The van der Waals surface area contributed by atoms with Crippen molar-refractivity contribution in [2.24, 2.45) is 5.16 Å². The number of carbonyl (C=O) groups excluding carboxylic acids is 3. The molecule has 13 nitrogen and oxygen atoms in total. The lowest BCUT2D eigenvalue weighted by Gasteiger charge is -2.07. The van der Waals surface area contributed by atoms with E-state index in [9.17, 15) is 34.6 Å². The Morgan fingerprint density at radius 3 is 1.71 bits per heavy atom. The summed E-state index contributed by atoms with van der Waals surface area (Å²) in [5, 5.41) is 33.5. The predicted molar refractivity (Wildman–Crippen MR) is 100 cm³/mol. The highest BCUT2D eigenvalue weighted by Crippen LogP contribution is 2.20. The molecule has 0 radical (unpaired) electrons. The number of para-hydroxylation sites is 2. The van der Waals surface area contributed by atoms with E-state index < -0.39 is 69.0 Å². The van der Waals surface area contributed by atoms with Gasteiger partial charge in [0.1, 0.15) is 11.1 Å². The van der Waals surface area contributed by atoms with E-state index in [1.54, 1.807) is 0 Å². The van der Waals surface area contributed by atoms with Gasteiger partial charge >= 0.3 is 17.9 Å². The molecule has 0 amide bonds. The van der Waals surface area contributed by atoms with Crippen molar-refractivity contribution in [2.45, 2.75) is 12.8 Å². The molecule has 160 valence electrons. The van der Waals surface area contributed by atoms with Gasteiger partial charge in [-0.25, -0.2) is 9.59 Å². The highest BCUT2D eigenvalue weighted by Gasteiger charge is 2.25. The Labute approximate surface area is 172 Å². The maximum Gasteiger partial charge on any atom is 0.352 e. The van der Waals surface area contributed by atoms with Gasteiger partial charge in [-0.1, -0.05) is 29.4 Å². The summed E-state index contributed by atoms with van der Waals surface area (Å²) in [4.78, 5) is 56.2. The first-order valence-electron chi connectivity index (χ1n) is 8.39. The van der Waals surface area contributed by atoms with Crippen LogP contribution in [0, 0.1) is 20.2 Å². The average molecular weight is 431 g/mol. The first-order valence-corrected chi connectivity index (χ1v) is 8.39. The predicted octanol–water partition coefficient (Wildman–Crippen LogP) is 2.61. The van der Waals surface area contributed by atoms with E-state index in [1.165, 1.54) is 24.3 Å². The van der Waals surface area contributed by atoms with Crippen LogP contribution in [0.15, 0.2) is 53.7 Å². The Balaban J connectivity index is 1.98. The van der Waals surface area contributed by atoms with E-state index in [-0.39, 0.29) is 0 Å². The molecule has 0 atom stereocenters. The summed E-state index contributed by atoms with van der Waals surface area (Å²) in [7, 11) is 0. The number of nitro benzene ring substituents is 2. The molecule has 0 saturated carbocycles. The first-order chi connectivity index (χ1) is 14.7. The quantitative estimate of drug-likeness (QED) is 0.130. The second-order valence-electron chi connectivity index (χ2n) is 5.69. The van der Waals surface area contributed by atoms with Crippen molar-refractivity contribution in [1.82, 2.24) is 0 Å². The molecule has 2 rings (SSSR count). The topological polar surface area (TPSA) is 189 Å². The number of rotatable bonds is 7. The molecule has 0 unspecified atom stereocenters. The number of hydrogen-bond acceptors (Lipinski definition) is 11. The standard InChI is InChI=1S/C18H13N3O10/c22-16(31-18(24)12-6-2-4-8-14(12)21(28)29)10-9-15(19-25)30-17(23)11-5-1-3-7-13(11)20(26)27/h1-8,25H,9-10H2/b19-15-. The van der Waals surface area contributed by atoms with Gasteiger partial charge in [0.25, 0.3) is 11.4 Å². The SMILES string of the molecule is O=C(CC/C(=N/O)OC(=O)c1ccccc1[N+](=O)[O-])OC(=O)c1ccccc1[N+](=O)[O-]. The molecule has 0 fully saturated rings. The fraction of sp³-hybridized carbons (Fsp3) is 0.111. The summed E-state index contributed by atoms with van der Waals surface area (Å²) < 4.78 is 9.26. The van der Waals surface area contributed by atoms with Gasteiger partial charge in [0.05, 0.1) is 16.3 Å². The minimum atomic E-state index is -1.27. The molecule has 2 aromatic carbocycles. The van der Waals surface area contributed by atoms with Crippen molar-refractivity contribution >= 4 is 35.2 Å². The molecule has 1 N–H and O–H groups in total. The third kappa shape index (κ3) is 5.90. The summed E-state index contributed by atoms with van der Waals surface area (Å²) in [6.07, 6.45) is -1.11. The molecule has 0 aliphatic rings. The Morgan fingerprint density at radius 1 is 0.806 bits per heavy atom. The van der Waals surface area contributed by atoms with Gasteiger partial charge in [-0.15, -0.1) is 0 Å². The van der Waals surface area contributed by atoms with Gasteiger partial charge in [0.15, 0.2) is 0 Å². The Hall–Kier alpha value is -4.68. The number of oxime groups is 1. The third-order valence-corrected chi connectivity index (χ3v) is 3.71. The fourth-order valence-corrected chi connectivity index (χ4v) is 2.31. The van der Waals surface area contributed by atoms with Crippen molar-refractivity contribution in [3.05, 3.63) is 79.9 Å². The number of ether oxygens (including phenoxy) is 2.